The minimum atomic E-state index is -0.442. The zero-order valence-electron chi connectivity index (χ0n) is 16.4. The average Bonchev–Trinajstić information content (AvgIpc) is 3.46. The van der Waals surface area contributed by atoms with Crippen LogP contribution in [-0.2, 0) is 20.8 Å². The lowest BCUT2D eigenvalue weighted by Gasteiger charge is -2.35. The van der Waals surface area contributed by atoms with Gasteiger partial charge in [-0.15, -0.1) is 0 Å². The van der Waals surface area contributed by atoms with Crippen molar-refractivity contribution in [2.75, 3.05) is 39.3 Å². The summed E-state index contributed by atoms with van der Waals surface area (Å²) < 4.78 is 1.75. The van der Waals surface area contributed by atoms with E-state index in [4.69, 9.17) is 0 Å². The van der Waals surface area contributed by atoms with E-state index in [1.54, 1.807) is 25.6 Å². The number of carbonyl (C=O) groups is 3. The van der Waals surface area contributed by atoms with Gasteiger partial charge in [0.05, 0.1) is 18.3 Å². The number of rotatable bonds is 3. The first-order valence-electron chi connectivity index (χ1n) is 10.1. The Morgan fingerprint density at radius 3 is 2.03 bits per heavy atom. The van der Waals surface area contributed by atoms with Crippen LogP contribution in [0.3, 0.4) is 0 Å². The molecule has 29 heavy (non-hydrogen) atoms. The molecule has 0 N–H and O–H groups in total. The molecule has 2 aliphatic heterocycles. The van der Waals surface area contributed by atoms with Gasteiger partial charge in [-0.2, -0.15) is 5.10 Å². The number of hydrogen-bond donors (Lipinski definition) is 0. The molecule has 0 saturated carbocycles. The number of carbonyl (C=O) groups excluding carboxylic acids is 3. The average molecular weight is 395 g/mol. The van der Waals surface area contributed by atoms with Gasteiger partial charge < -0.3 is 14.7 Å². The number of nitrogens with zero attached hydrogens (tertiary/aromatic N) is 5. The summed E-state index contributed by atoms with van der Waals surface area (Å²) in [5, 5.41) is 4.33. The molecular formula is C21H25N5O3. The molecule has 0 radical (unpaired) electrons. The summed E-state index contributed by atoms with van der Waals surface area (Å²) in [6.07, 6.45) is 5.76. The second-order valence-electron chi connectivity index (χ2n) is 7.48. The van der Waals surface area contributed by atoms with E-state index < -0.39 is 11.8 Å². The van der Waals surface area contributed by atoms with E-state index in [-0.39, 0.29) is 12.3 Å². The lowest BCUT2D eigenvalue weighted by molar-refractivity contribution is -0.153. The van der Waals surface area contributed by atoms with Gasteiger partial charge in [-0.1, -0.05) is 18.2 Å². The Balaban J connectivity index is 1.29. The predicted octanol–water partition coefficient (Wildman–Crippen LogP) is 0.708. The highest BCUT2D eigenvalue weighted by atomic mass is 16.2. The molecule has 0 atom stereocenters. The van der Waals surface area contributed by atoms with Crippen molar-refractivity contribution in [1.82, 2.24) is 24.5 Å². The molecule has 3 amide bonds. The number of hydrogen-bond acceptors (Lipinski definition) is 4. The van der Waals surface area contributed by atoms with Crippen molar-refractivity contribution in [3.05, 3.63) is 48.3 Å². The lowest BCUT2D eigenvalue weighted by atomic mass is 10.2. The number of likely N-dealkylation sites (tertiary alicyclic amines) is 1. The predicted molar refractivity (Wildman–Crippen MR) is 106 cm³/mol. The van der Waals surface area contributed by atoms with E-state index >= 15 is 0 Å². The molecule has 2 fully saturated rings. The normalized spacial score (nSPS) is 16.9. The van der Waals surface area contributed by atoms with E-state index in [2.05, 4.69) is 5.10 Å². The van der Waals surface area contributed by atoms with Gasteiger partial charge in [-0.05, 0) is 30.5 Å². The first kappa shape index (κ1) is 19.2. The first-order chi connectivity index (χ1) is 14.1. The van der Waals surface area contributed by atoms with Gasteiger partial charge in [0.15, 0.2) is 0 Å². The Bertz CT molecular complexity index is 881. The van der Waals surface area contributed by atoms with E-state index in [0.717, 1.165) is 24.1 Å². The Hall–Kier alpha value is -3.16. The van der Waals surface area contributed by atoms with Crippen molar-refractivity contribution in [2.45, 2.75) is 19.3 Å². The molecule has 1 aromatic carbocycles. The maximum Gasteiger partial charge on any atom is 0.312 e. The van der Waals surface area contributed by atoms with E-state index in [9.17, 15) is 14.4 Å². The van der Waals surface area contributed by atoms with Crippen molar-refractivity contribution < 1.29 is 14.4 Å². The summed E-state index contributed by atoms with van der Waals surface area (Å²) in [6, 6.07) is 9.74. The standard InChI is InChI=1S/C21H25N5O3/c27-19(14-17-15-22-26(16-17)18-6-2-1-3-7-18)23-10-12-25(13-11-23)21(29)20(28)24-8-4-5-9-24/h1-3,6-7,15-16H,4-5,8-14H2. The van der Waals surface area contributed by atoms with Crippen LogP contribution in [-0.4, -0.2) is 81.5 Å². The van der Waals surface area contributed by atoms with Crippen LogP contribution in [0.25, 0.3) is 5.69 Å². The maximum absolute atomic E-state index is 12.6. The molecule has 0 aliphatic carbocycles. The van der Waals surface area contributed by atoms with Crippen molar-refractivity contribution in [1.29, 1.82) is 0 Å². The number of para-hydroxylation sites is 1. The van der Waals surface area contributed by atoms with E-state index in [1.807, 2.05) is 36.5 Å². The third-order valence-corrected chi connectivity index (χ3v) is 5.51. The van der Waals surface area contributed by atoms with Crippen LogP contribution in [0.4, 0.5) is 0 Å². The second-order valence-corrected chi connectivity index (χ2v) is 7.48. The van der Waals surface area contributed by atoms with Crippen LogP contribution in [0.5, 0.6) is 0 Å². The molecule has 2 aliphatic rings. The van der Waals surface area contributed by atoms with Crippen LogP contribution in [0, 0.1) is 0 Å². The van der Waals surface area contributed by atoms with Gasteiger partial charge in [-0.25, -0.2) is 4.68 Å². The van der Waals surface area contributed by atoms with Crippen LogP contribution in [0.2, 0.25) is 0 Å². The lowest BCUT2D eigenvalue weighted by Crippen LogP contribution is -2.54. The molecule has 3 heterocycles. The maximum atomic E-state index is 12.6. The molecule has 1 aromatic heterocycles. The van der Waals surface area contributed by atoms with E-state index in [1.165, 1.54) is 0 Å². The van der Waals surface area contributed by atoms with Gasteiger partial charge in [0.1, 0.15) is 0 Å². The molecule has 0 spiro atoms. The number of benzene rings is 1. The SMILES string of the molecule is O=C(Cc1cnn(-c2ccccc2)c1)N1CCN(C(=O)C(=O)N2CCCC2)CC1. The van der Waals surface area contributed by atoms with Gasteiger partial charge in [0, 0.05) is 45.5 Å². The zero-order chi connectivity index (χ0) is 20.2. The van der Waals surface area contributed by atoms with Crippen LogP contribution in [0.1, 0.15) is 18.4 Å². The Kier molecular flexibility index (Phi) is 5.59. The van der Waals surface area contributed by atoms with Crippen molar-refractivity contribution in [3.63, 3.8) is 0 Å². The Morgan fingerprint density at radius 2 is 1.38 bits per heavy atom. The summed E-state index contributed by atoms with van der Waals surface area (Å²) in [6.45, 7) is 3.02. The highest BCUT2D eigenvalue weighted by molar-refractivity contribution is 6.35. The fourth-order valence-electron chi connectivity index (χ4n) is 3.81. The van der Waals surface area contributed by atoms with Crippen molar-refractivity contribution in [3.8, 4) is 5.69 Å². The molecule has 4 rings (SSSR count). The highest BCUT2D eigenvalue weighted by Gasteiger charge is 2.31. The largest absolute Gasteiger partial charge is 0.339 e. The number of aromatic nitrogens is 2. The molecule has 2 saturated heterocycles. The Morgan fingerprint density at radius 1 is 0.793 bits per heavy atom. The third-order valence-electron chi connectivity index (χ3n) is 5.51. The second kappa shape index (κ2) is 8.46. The summed E-state index contributed by atoms with van der Waals surface area (Å²) in [7, 11) is 0. The minimum Gasteiger partial charge on any atom is -0.339 e. The van der Waals surface area contributed by atoms with Crippen molar-refractivity contribution in [2.24, 2.45) is 0 Å². The number of amides is 3. The zero-order valence-corrected chi connectivity index (χ0v) is 16.4. The number of piperazine rings is 1. The molecule has 8 nitrogen and oxygen atoms in total. The fraction of sp³-hybridized carbons (Fsp3) is 0.429. The van der Waals surface area contributed by atoms with Gasteiger partial charge in [0.2, 0.25) is 5.91 Å². The van der Waals surface area contributed by atoms with Gasteiger partial charge >= 0.3 is 11.8 Å². The third kappa shape index (κ3) is 4.31. The molecule has 152 valence electrons. The first-order valence-corrected chi connectivity index (χ1v) is 10.1. The molecular weight excluding hydrogens is 370 g/mol. The summed E-state index contributed by atoms with van der Waals surface area (Å²) in [5.41, 5.74) is 1.79. The minimum absolute atomic E-state index is 0.00980. The molecule has 0 bridgehead atoms. The monoisotopic (exact) mass is 395 g/mol. The summed E-state index contributed by atoms with van der Waals surface area (Å²) in [4.78, 5) is 42.3. The molecule has 8 heteroatoms. The van der Waals surface area contributed by atoms with E-state index in [0.29, 0.717) is 39.3 Å². The van der Waals surface area contributed by atoms with Crippen LogP contribution < -0.4 is 0 Å². The smallest absolute Gasteiger partial charge is 0.312 e. The fourth-order valence-corrected chi connectivity index (χ4v) is 3.81. The summed E-state index contributed by atoms with van der Waals surface area (Å²) >= 11 is 0. The van der Waals surface area contributed by atoms with Crippen LogP contribution in [0.15, 0.2) is 42.7 Å². The van der Waals surface area contributed by atoms with Crippen LogP contribution >= 0.6 is 0 Å². The highest BCUT2D eigenvalue weighted by Crippen LogP contribution is 2.12. The quantitative estimate of drug-likeness (QED) is 0.717. The van der Waals surface area contributed by atoms with Gasteiger partial charge in [0.25, 0.3) is 0 Å². The van der Waals surface area contributed by atoms with Crippen molar-refractivity contribution >= 4 is 17.7 Å². The summed E-state index contributed by atoms with van der Waals surface area (Å²) in [5.74, 6) is -0.839. The van der Waals surface area contributed by atoms with Gasteiger partial charge in [-0.3, -0.25) is 14.4 Å². The molecule has 0 unspecified atom stereocenters. The topological polar surface area (TPSA) is 78.8 Å². The molecule has 2 aromatic rings. The Labute approximate surface area is 169 Å².